The van der Waals surface area contributed by atoms with Gasteiger partial charge in [-0.3, -0.25) is 9.59 Å². The molecule has 5 nitrogen and oxygen atoms in total. The van der Waals surface area contributed by atoms with E-state index in [-0.39, 0.29) is 12.3 Å². The summed E-state index contributed by atoms with van der Waals surface area (Å²) in [5, 5.41) is 11.0. The Hall–Kier alpha value is -1.43. The van der Waals surface area contributed by atoms with E-state index in [4.69, 9.17) is 5.11 Å². The predicted octanol–water partition coefficient (Wildman–Crippen LogP) is 1.39. The maximum atomic E-state index is 11.8. The Labute approximate surface area is 97.7 Å². The summed E-state index contributed by atoms with van der Waals surface area (Å²) in [5.74, 6) is -1.000. The van der Waals surface area contributed by atoms with Crippen molar-refractivity contribution in [3.8, 4) is 0 Å². The van der Waals surface area contributed by atoms with Crippen LogP contribution in [0.5, 0.6) is 0 Å². The molecule has 0 unspecified atom stereocenters. The molecule has 0 atom stereocenters. The number of rotatable bonds is 5. The number of hydrogen-bond donors (Lipinski definition) is 1. The van der Waals surface area contributed by atoms with E-state index in [0.717, 1.165) is 5.01 Å². The molecule has 1 aromatic rings. The van der Waals surface area contributed by atoms with Gasteiger partial charge in [-0.1, -0.05) is 0 Å². The lowest BCUT2D eigenvalue weighted by molar-refractivity contribution is -0.137. The normalized spacial score (nSPS) is 10.1. The average molecular weight is 242 g/mol. The first kappa shape index (κ1) is 12.6. The van der Waals surface area contributed by atoms with Gasteiger partial charge in [-0.15, -0.1) is 11.3 Å². The van der Waals surface area contributed by atoms with Crippen LogP contribution < -0.4 is 0 Å². The third-order valence-corrected chi connectivity index (χ3v) is 2.84. The number of hydrogen-bond acceptors (Lipinski definition) is 4. The van der Waals surface area contributed by atoms with Crippen LogP contribution in [0.4, 0.5) is 0 Å². The van der Waals surface area contributed by atoms with Crippen LogP contribution in [0.1, 0.15) is 28.3 Å². The van der Waals surface area contributed by atoms with Gasteiger partial charge >= 0.3 is 5.97 Å². The van der Waals surface area contributed by atoms with Crippen molar-refractivity contribution in [2.24, 2.45) is 0 Å². The van der Waals surface area contributed by atoms with Crippen LogP contribution in [0.2, 0.25) is 0 Å². The lowest BCUT2D eigenvalue weighted by atomic mass is 10.3. The highest BCUT2D eigenvalue weighted by Crippen LogP contribution is 2.10. The van der Waals surface area contributed by atoms with Gasteiger partial charge in [0.15, 0.2) is 0 Å². The number of nitrogens with zero attached hydrogens (tertiary/aromatic N) is 2. The molecule has 6 heteroatoms. The standard InChI is InChI=1S/C10H14N2O3S/c1-7-11-8(6-16-7)10(15)12(2)5-3-4-9(13)14/h6H,3-5H2,1-2H3,(H,13,14). The van der Waals surface area contributed by atoms with E-state index in [9.17, 15) is 9.59 Å². The molecule has 0 saturated carbocycles. The van der Waals surface area contributed by atoms with Crippen molar-refractivity contribution in [2.75, 3.05) is 13.6 Å². The van der Waals surface area contributed by atoms with Crippen LogP contribution in [0.15, 0.2) is 5.38 Å². The number of carboxylic acids is 1. The summed E-state index contributed by atoms with van der Waals surface area (Å²) in [6.45, 7) is 2.27. The Morgan fingerprint density at radius 1 is 1.56 bits per heavy atom. The van der Waals surface area contributed by atoms with Gasteiger partial charge < -0.3 is 10.0 Å². The summed E-state index contributed by atoms with van der Waals surface area (Å²) < 4.78 is 0. The number of amides is 1. The van der Waals surface area contributed by atoms with Crippen molar-refractivity contribution in [2.45, 2.75) is 19.8 Å². The summed E-state index contributed by atoms with van der Waals surface area (Å²) in [6.07, 6.45) is 0.536. The van der Waals surface area contributed by atoms with Crippen LogP contribution in [-0.2, 0) is 4.79 Å². The zero-order chi connectivity index (χ0) is 12.1. The lowest BCUT2D eigenvalue weighted by Gasteiger charge is -2.14. The molecule has 0 spiro atoms. The number of carbonyl (C=O) groups is 2. The summed E-state index contributed by atoms with van der Waals surface area (Å²) in [4.78, 5) is 27.6. The topological polar surface area (TPSA) is 70.5 Å². The second-order valence-electron chi connectivity index (χ2n) is 3.48. The molecule has 1 amide bonds. The van der Waals surface area contributed by atoms with Gasteiger partial charge in [-0.05, 0) is 13.3 Å². The second kappa shape index (κ2) is 5.60. The Morgan fingerprint density at radius 2 is 2.25 bits per heavy atom. The van der Waals surface area contributed by atoms with Gasteiger partial charge in [0.05, 0.1) is 5.01 Å². The number of aryl methyl sites for hydroxylation is 1. The zero-order valence-electron chi connectivity index (χ0n) is 9.27. The Morgan fingerprint density at radius 3 is 2.75 bits per heavy atom. The van der Waals surface area contributed by atoms with E-state index in [0.29, 0.717) is 18.7 Å². The molecule has 0 aliphatic carbocycles. The maximum Gasteiger partial charge on any atom is 0.303 e. The van der Waals surface area contributed by atoms with Crippen molar-refractivity contribution < 1.29 is 14.7 Å². The Kier molecular flexibility index (Phi) is 4.42. The number of carboxylic acid groups (broad SMARTS) is 1. The van der Waals surface area contributed by atoms with Crippen LogP contribution in [0.25, 0.3) is 0 Å². The number of aromatic nitrogens is 1. The van der Waals surface area contributed by atoms with Gasteiger partial charge in [-0.2, -0.15) is 0 Å². The molecular weight excluding hydrogens is 228 g/mol. The molecule has 1 heterocycles. The van der Waals surface area contributed by atoms with Gasteiger partial charge in [-0.25, -0.2) is 4.98 Å². The predicted molar refractivity (Wildman–Crippen MR) is 60.7 cm³/mol. The smallest absolute Gasteiger partial charge is 0.303 e. The minimum absolute atomic E-state index is 0.0771. The first-order valence-electron chi connectivity index (χ1n) is 4.90. The van der Waals surface area contributed by atoms with Gasteiger partial charge in [0.25, 0.3) is 5.91 Å². The molecule has 16 heavy (non-hydrogen) atoms. The van der Waals surface area contributed by atoms with Crippen molar-refractivity contribution in [1.82, 2.24) is 9.88 Å². The summed E-state index contributed by atoms with van der Waals surface area (Å²) in [6, 6.07) is 0. The third kappa shape index (κ3) is 3.62. The van der Waals surface area contributed by atoms with E-state index >= 15 is 0 Å². The molecule has 88 valence electrons. The van der Waals surface area contributed by atoms with Gasteiger partial charge in [0.2, 0.25) is 0 Å². The highest BCUT2D eigenvalue weighted by Gasteiger charge is 2.14. The molecule has 1 aromatic heterocycles. The third-order valence-electron chi connectivity index (χ3n) is 2.07. The fourth-order valence-electron chi connectivity index (χ4n) is 1.23. The van der Waals surface area contributed by atoms with E-state index in [1.165, 1.54) is 16.2 Å². The summed E-state index contributed by atoms with van der Waals surface area (Å²) in [5.41, 5.74) is 0.431. The summed E-state index contributed by atoms with van der Waals surface area (Å²) >= 11 is 1.43. The van der Waals surface area contributed by atoms with Crippen molar-refractivity contribution >= 4 is 23.2 Å². The van der Waals surface area contributed by atoms with E-state index < -0.39 is 5.97 Å². The first-order valence-corrected chi connectivity index (χ1v) is 5.78. The van der Waals surface area contributed by atoms with Crippen LogP contribution in [0, 0.1) is 6.92 Å². The molecule has 0 fully saturated rings. The minimum Gasteiger partial charge on any atom is -0.481 e. The van der Waals surface area contributed by atoms with Crippen molar-refractivity contribution in [3.05, 3.63) is 16.1 Å². The molecule has 1 N–H and O–H groups in total. The van der Waals surface area contributed by atoms with Gasteiger partial charge in [0.1, 0.15) is 5.69 Å². The van der Waals surface area contributed by atoms with E-state index in [1.807, 2.05) is 6.92 Å². The fraction of sp³-hybridized carbons (Fsp3) is 0.500. The number of aliphatic carboxylic acids is 1. The van der Waals surface area contributed by atoms with E-state index in [1.54, 1.807) is 12.4 Å². The van der Waals surface area contributed by atoms with Crippen LogP contribution in [0.3, 0.4) is 0 Å². The monoisotopic (exact) mass is 242 g/mol. The van der Waals surface area contributed by atoms with Gasteiger partial charge in [0, 0.05) is 25.4 Å². The Bertz CT molecular complexity index is 389. The molecule has 0 aromatic carbocycles. The molecular formula is C10H14N2O3S. The zero-order valence-corrected chi connectivity index (χ0v) is 10.1. The largest absolute Gasteiger partial charge is 0.481 e. The van der Waals surface area contributed by atoms with Crippen molar-refractivity contribution in [1.29, 1.82) is 0 Å². The van der Waals surface area contributed by atoms with Crippen molar-refractivity contribution in [3.63, 3.8) is 0 Å². The fourth-order valence-corrected chi connectivity index (χ4v) is 1.81. The average Bonchev–Trinajstić information content (AvgIpc) is 2.63. The Balaban J connectivity index is 2.45. The molecule has 0 aliphatic rings. The molecule has 0 bridgehead atoms. The number of carbonyl (C=O) groups excluding carboxylic acids is 1. The number of thiazole rings is 1. The molecule has 1 rings (SSSR count). The molecule has 0 aliphatic heterocycles. The van der Waals surface area contributed by atoms with Crippen LogP contribution in [-0.4, -0.2) is 40.5 Å². The van der Waals surface area contributed by atoms with Crippen LogP contribution >= 0.6 is 11.3 Å². The first-order chi connectivity index (χ1) is 7.50. The molecule has 0 radical (unpaired) electrons. The maximum absolute atomic E-state index is 11.8. The second-order valence-corrected chi connectivity index (χ2v) is 4.54. The highest BCUT2D eigenvalue weighted by molar-refractivity contribution is 7.09. The SMILES string of the molecule is Cc1nc(C(=O)N(C)CCCC(=O)O)cs1. The quantitative estimate of drug-likeness (QED) is 0.847. The van der Waals surface area contributed by atoms with E-state index in [2.05, 4.69) is 4.98 Å². The molecule has 0 saturated heterocycles. The highest BCUT2D eigenvalue weighted by atomic mass is 32.1. The minimum atomic E-state index is -0.842. The summed E-state index contributed by atoms with van der Waals surface area (Å²) in [7, 11) is 1.65. The lowest BCUT2D eigenvalue weighted by Crippen LogP contribution is -2.28.